The number of ether oxygens (including phenoxy) is 1. The molecule has 84 valence electrons. The first-order chi connectivity index (χ1) is 7.25. The predicted octanol–water partition coefficient (Wildman–Crippen LogP) is 1.03. The van der Waals surface area contributed by atoms with Crippen LogP contribution in [0, 0.1) is 0 Å². The van der Waals surface area contributed by atoms with Crippen LogP contribution in [0.15, 0.2) is 4.42 Å². The van der Waals surface area contributed by atoms with Gasteiger partial charge in [-0.2, -0.15) is 0 Å². The summed E-state index contributed by atoms with van der Waals surface area (Å²) < 4.78 is 10.8. The Balaban J connectivity index is 1.91. The van der Waals surface area contributed by atoms with E-state index in [1.807, 2.05) is 13.8 Å². The average Bonchev–Trinajstić information content (AvgIpc) is 2.68. The Morgan fingerprint density at radius 3 is 2.60 bits per heavy atom. The Kier molecular flexibility index (Phi) is 3.33. The van der Waals surface area contributed by atoms with Gasteiger partial charge in [0.25, 0.3) is 0 Å². The predicted molar refractivity (Wildman–Crippen MR) is 54.5 cm³/mol. The number of hydrogen-bond donors (Lipinski definition) is 0. The lowest BCUT2D eigenvalue weighted by atomic mass is 10.2. The lowest BCUT2D eigenvalue weighted by molar-refractivity contribution is 0.0304. The van der Waals surface area contributed by atoms with E-state index in [4.69, 9.17) is 9.15 Å². The molecule has 1 saturated heterocycles. The van der Waals surface area contributed by atoms with Gasteiger partial charge in [0.15, 0.2) is 0 Å². The van der Waals surface area contributed by atoms with Crippen molar-refractivity contribution in [2.24, 2.45) is 0 Å². The molecule has 1 fully saturated rings. The molecule has 0 aromatic carbocycles. The van der Waals surface area contributed by atoms with Crippen molar-refractivity contribution in [3.63, 3.8) is 0 Å². The van der Waals surface area contributed by atoms with Crippen molar-refractivity contribution in [1.82, 2.24) is 15.1 Å². The molecule has 0 radical (unpaired) electrons. The average molecular weight is 211 g/mol. The van der Waals surface area contributed by atoms with E-state index in [1.54, 1.807) is 0 Å². The van der Waals surface area contributed by atoms with Crippen LogP contribution in [0.2, 0.25) is 0 Å². The first kappa shape index (κ1) is 10.6. The van der Waals surface area contributed by atoms with Gasteiger partial charge < -0.3 is 9.15 Å². The van der Waals surface area contributed by atoms with Gasteiger partial charge in [-0.15, -0.1) is 10.2 Å². The molecule has 0 amide bonds. The van der Waals surface area contributed by atoms with Crippen LogP contribution in [0.25, 0.3) is 0 Å². The summed E-state index contributed by atoms with van der Waals surface area (Å²) in [7, 11) is 0. The van der Waals surface area contributed by atoms with Gasteiger partial charge in [-0.05, 0) is 0 Å². The Morgan fingerprint density at radius 1 is 1.27 bits per heavy atom. The SMILES string of the molecule is CC(C)c1nnc(CN2CCOCC2)o1. The Labute approximate surface area is 89.4 Å². The summed E-state index contributed by atoms with van der Waals surface area (Å²) in [6.07, 6.45) is 0. The molecule has 0 atom stereocenters. The summed E-state index contributed by atoms with van der Waals surface area (Å²) in [5.41, 5.74) is 0. The summed E-state index contributed by atoms with van der Waals surface area (Å²) in [5.74, 6) is 1.73. The molecule has 0 aliphatic carbocycles. The molecule has 0 N–H and O–H groups in total. The fraction of sp³-hybridized carbons (Fsp3) is 0.800. The van der Waals surface area contributed by atoms with E-state index < -0.39 is 0 Å². The maximum Gasteiger partial charge on any atom is 0.230 e. The lowest BCUT2D eigenvalue weighted by Crippen LogP contribution is -2.35. The van der Waals surface area contributed by atoms with Crippen LogP contribution in [0.4, 0.5) is 0 Å². The summed E-state index contributed by atoms with van der Waals surface area (Å²) in [4.78, 5) is 2.26. The minimum atomic E-state index is 0.302. The van der Waals surface area contributed by atoms with Gasteiger partial charge in [0, 0.05) is 19.0 Å². The number of rotatable bonds is 3. The van der Waals surface area contributed by atoms with Gasteiger partial charge in [-0.3, -0.25) is 4.90 Å². The van der Waals surface area contributed by atoms with Crippen molar-refractivity contribution >= 4 is 0 Å². The highest BCUT2D eigenvalue weighted by Crippen LogP contribution is 2.13. The molecule has 0 unspecified atom stereocenters. The minimum absolute atomic E-state index is 0.302. The van der Waals surface area contributed by atoms with E-state index in [0.717, 1.165) is 38.7 Å². The molecule has 5 heteroatoms. The molecule has 0 saturated carbocycles. The largest absolute Gasteiger partial charge is 0.424 e. The second-order valence-electron chi connectivity index (χ2n) is 4.08. The number of hydrogen-bond acceptors (Lipinski definition) is 5. The lowest BCUT2D eigenvalue weighted by Gasteiger charge is -2.24. The van der Waals surface area contributed by atoms with Gasteiger partial charge in [0.05, 0.1) is 19.8 Å². The van der Waals surface area contributed by atoms with Crippen molar-refractivity contribution < 1.29 is 9.15 Å². The first-order valence-electron chi connectivity index (χ1n) is 5.38. The molecular weight excluding hydrogens is 194 g/mol. The smallest absolute Gasteiger partial charge is 0.230 e. The quantitative estimate of drug-likeness (QED) is 0.747. The second-order valence-corrected chi connectivity index (χ2v) is 4.08. The molecule has 1 aliphatic heterocycles. The number of aromatic nitrogens is 2. The van der Waals surface area contributed by atoms with E-state index in [0.29, 0.717) is 11.8 Å². The van der Waals surface area contributed by atoms with E-state index >= 15 is 0 Å². The van der Waals surface area contributed by atoms with Gasteiger partial charge >= 0.3 is 0 Å². The Morgan fingerprint density at radius 2 is 2.00 bits per heavy atom. The van der Waals surface area contributed by atoms with Crippen LogP contribution in [0.1, 0.15) is 31.5 Å². The van der Waals surface area contributed by atoms with Crippen molar-refractivity contribution in [3.05, 3.63) is 11.8 Å². The summed E-state index contributed by atoms with van der Waals surface area (Å²) >= 11 is 0. The van der Waals surface area contributed by atoms with Gasteiger partial charge in [0.1, 0.15) is 0 Å². The van der Waals surface area contributed by atoms with E-state index in [-0.39, 0.29) is 0 Å². The minimum Gasteiger partial charge on any atom is -0.424 e. The maximum atomic E-state index is 5.54. The molecule has 1 aliphatic rings. The molecular formula is C10H17N3O2. The van der Waals surface area contributed by atoms with Crippen molar-refractivity contribution in [3.8, 4) is 0 Å². The summed E-state index contributed by atoms with van der Waals surface area (Å²) in [6.45, 7) is 8.32. The van der Waals surface area contributed by atoms with Crippen LogP contribution >= 0.6 is 0 Å². The first-order valence-corrected chi connectivity index (χ1v) is 5.38. The Bertz CT molecular complexity index is 305. The van der Waals surface area contributed by atoms with Crippen molar-refractivity contribution in [2.45, 2.75) is 26.3 Å². The molecule has 15 heavy (non-hydrogen) atoms. The topological polar surface area (TPSA) is 51.4 Å². The third-order valence-electron chi connectivity index (χ3n) is 2.44. The zero-order valence-electron chi connectivity index (χ0n) is 9.27. The molecule has 2 rings (SSSR count). The fourth-order valence-corrected chi connectivity index (χ4v) is 1.51. The zero-order chi connectivity index (χ0) is 10.7. The third-order valence-corrected chi connectivity index (χ3v) is 2.44. The molecule has 0 bridgehead atoms. The highest BCUT2D eigenvalue weighted by Gasteiger charge is 2.15. The monoisotopic (exact) mass is 211 g/mol. The second kappa shape index (κ2) is 4.72. The fourth-order valence-electron chi connectivity index (χ4n) is 1.51. The summed E-state index contributed by atoms with van der Waals surface area (Å²) in [6, 6.07) is 0. The molecule has 5 nitrogen and oxygen atoms in total. The van der Waals surface area contributed by atoms with Crippen LogP contribution in [0.3, 0.4) is 0 Å². The standard InChI is InChI=1S/C10H17N3O2/c1-8(2)10-12-11-9(15-10)7-13-3-5-14-6-4-13/h8H,3-7H2,1-2H3. The third kappa shape index (κ3) is 2.76. The highest BCUT2D eigenvalue weighted by molar-refractivity contribution is 4.87. The highest BCUT2D eigenvalue weighted by atomic mass is 16.5. The van der Waals surface area contributed by atoms with Gasteiger partial charge in [-0.25, -0.2) is 0 Å². The van der Waals surface area contributed by atoms with E-state index in [2.05, 4.69) is 15.1 Å². The summed E-state index contributed by atoms with van der Waals surface area (Å²) in [5, 5.41) is 8.04. The molecule has 2 heterocycles. The van der Waals surface area contributed by atoms with Crippen LogP contribution in [-0.2, 0) is 11.3 Å². The zero-order valence-corrected chi connectivity index (χ0v) is 9.27. The van der Waals surface area contributed by atoms with Crippen LogP contribution in [-0.4, -0.2) is 41.4 Å². The van der Waals surface area contributed by atoms with Crippen molar-refractivity contribution in [1.29, 1.82) is 0 Å². The normalized spacial score (nSPS) is 18.6. The van der Waals surface area contributed by atoms with Crippen molar-refractivity contribution in [2.75, 3.05) is 26.3 Å². The Hall–Kier alpha value is -0.940. The van der Waals surface area contributed by atoms with Gasteiger partial charge in [-0.1, -0.05) is 13.8 Å². The number of nitrogens with zero attached hydrogens (tertiary/aromatic N) is 3. The van der Waals surface area contributed by atoms with Crippen LogP contribution < -0.4 is 0 Å². The molecule has 1 aromatic rings. The van der Waals surface area contributed by atoms with E-state index in [9.17, 15) is 0 Å². The number of morpholine rings is 1. The molecule has 1 aromatic heterocycles. The van der Waals surface area contributed by atoms with Crippen LogP contribution in [0.5, 0.6) is 0 Å². The van der Waals surface area contributed by atoms with E-state index in [1.165, 1.54) is 0 Å². The van der Waals surface area contributed by atoms with Gasteiger partial charge in [0.2, 0.25) is 11.8 Å². The molecule has 0 spiro atoms. The maximum absolute atomic E-state index is 5.54.